The molecule has 7 nitrogen and oxygen atoms in total. The molecule has 8 heteroatoms. The van der Waals surface area contributed by atoms with Crippen molar-refractivity contribution in [1.29, 1.82) is 0 Å². The second-order valence-electron chi connectivity index (χ2n) is 3.38. The highest BCUT2D eigenvalue weighted by Crippen LogP contribution is 2.10. The van der Waals surface area contributed by atoms with Gasteiger partial charge in [-0.25, -0.2) is 23.2 Å². The van der Waals surface area contributed by atoms with Crippen LogP contribution in [0.15, 0.2) is 6.20 Å². The van der Waals surface area contributed by atoms with Crippen molar-refractivity contribution >= 4 is 21.6 Å². The maximum atomic E-state index is 11.4. The zero-order chi connectivity index (χ0) is 13.1. The predicted molar refractivity (Wildman–Crippen MR) is 60.9 cm³/mol. The molecule has 0 saturated heterocycles. The minimum absolute atomic E-state index is 0.0316. The van der Waals surface area contributed by atoms with Crippen LogP contribution in [0, 0.1) is 0 Å². The number of esters is 1. The Kier molecular flexibility index (Phi) is 4.00. The molecule has 0 amide bonds. The highest BCUT2D eigenvalue weighted by Gasteiger charge is 2.15. The van der Waals surface area contributed by atoms with E-state index < -0.39 is 15.8 Å². The number of ether oxygens (including phenoxy) is 1. The van der Waals surface area contributed by atoms with Crippen LogP contribution in [0.1, 0.15) is 23.1 Å². The molecule has 0 aliphatic heterocycles. The van der Waals surface area contributed by atoms with Crippen molar-refractivity contribution in [3.63, 3.8) is 0 Å². The van der Waals surface area contributed by atoms with E-state index in [1.165, 1.54) is 6.20 Å². The lowest BCUT2D eigenvalue weighted by Gasteiger charge is -2.05. The van der Waals surface area contributed by atoms with E-state index >= 15 is 0 Å². The van der Waals surface area contributed by atoms with E-state index in [0.717, 1.165) is 6.26 Å². The lowest BCUT2D eigenvalue weighted by Crippen LogP contribution is -2.13. The number of nitrogens with zero attached hydrogens (tertiary/aromatic N) is 2. The van der Waals surface area contributed by atoms with E-state index in [-0.39, 0.29) is 29.6 Å². The van der Waals surface area contributed by atoms with E-state index in [9.17, 15) is 13.2 Å². The number of anilines is 1. The lowest BCUT2D eigenvalue weighted by molar-refractivity contribution is 0.0526. The van der Waals surface area contributed by atoms with Gasteiger partial charge in [-0.15, -0.1) is 0 Å². The third kappa shape index (κ3) is 3.99. The Hall–Kier alpha value is -1.70. The summed E-state index contributed by atoms with van der Waals surface area (Å²) in [5.41, 5.74) is 5.56. The Morgan fingerprint density at radius 3 is 2.65 bits per heavy atom. The average molecular weight is 259 g/mol. The molecule has 0 saturated carbocycles. The molecule has 0 radical (unpaired) electrons. The van der Waals surface area contributed by atoms with Crippen LogP contribution in [-0.2, 0) is 20.3 Å². The normalized spacial score (nSPS) is 11.2. The number of hydrogen-bond acceptors (Lipinski definition) is 7. The molecule has 1 heterocycles. The second kappa shape index (κ2) is 5.09. The third-order valence-corrected chi connectivity index (χ3v) is 2.54. The molecular weight excluding hydrogens is 246 g/mol. The van der Waals surface area contributed by atoms with Crippen LogP contribution in [0.4, 0.5) is 5.82 Å². The number of carbonyl (C=O) groups is 1. The van der Waals surface area contributed by atoms with Gasteiger partial charge in [0.2, 0.25) is 0 Å². The SMILES string of the molecule is CCOC(=O)c1cnc(CS(C)(=O)=O)nc1N. The fourth-order valence-corrected chi connectivity index (χ4v) is 1.71. The van der Waals surface area contributed by atoms with Crippen molar-refractivity contribution < 1.29 is 17.9 Å². The van der Waals surface area contributed by atoms with Crippen molar-refractivity contribution in [2.24, 2.45) is 0 Å². The molecule has 0 fully saturated rings. The predicted octanol–water partition coefficient (Wildman–Crippen LogP) is -0.220. The summed E-state index contributed by atoms with van der Waals surface area (Å²) in [6, 6.07) is 0. The summed E-state index contributed by atoms with van der Waals surface area (Å²) in [4.78, 5) is 18.9. The van der Waals surface area contributed by atoms with Crippen molar-refractivity contribution in [2.75, 3.05) is 18.6 Å². The van der Waals surface area contributed by atoms with Crippen molar-refractivity contribution in [3.8, 4) is 0 Å². The summed E-state index contributed by atoms with van der Waals surface area (Å²) in [5, 5.41) is 0. The first kappa shape index (κ1) is 13.4. The molecule has 1 aromatic heterocycles. The Labute approximate surface area is 98.9 Å². The Morgan fingerprint density at radius 1 is 1.53 bits per heavy atom. The van der Waals surface area contributed by atoms with Gasteiger partial charge < -0.3 is 10.5 Å². The van der Waals surface area contributed by atoms with E-state index in [0.29, 0.717) is 0 Å². The van der Waals surface area contributed by atoms with Crippen LogP contribution in [-0.4, -0.2) is 37.2 Å². The molecule has 94 valence electrons. The second-order valence-corrected chi connectivity index (χ2v) is 5.52. The first-order chi connectivity index (χ1) is 7.83. The van der Waals surface area contributed by atoms with Crippen molar-refractivity contribution in [3.05, 3.63) is 17.6 Å². The van der Waals surface area contributed by atoms with Gasteiger partial charge in [0.05, 0.1) is 6.61 Å². The van der Waals surface area contributed by atoms with Crippen LogP contribution in [0.25, 0.3) is 0 Å². The van der Waals surface area contributed by atoms with E-state index in [1.54, 1.807) is 6.92 Å². The third-order valence-electron chi connectivity index (χ3n) is 1.75. The molecule has 2 N–H and O–H groups in total. The maximum absolute atomic E-state index is 11.4. The van der Waals surface area contributed by atoms with Crippen molar-refractivity contribution in [2.45, 2.75) is 12.7 Å². The van der Waals surface area contributed by atoms with Gasteiger partial charge >= 0.3 is 5.97 Å². The summed E-state index contributed by atoms with van der Waals surface area (Å²) < 4.78 is 26.8. The number of nitrogens with two attached hydrogens (primary N) is 1. The number of nitrogen functional groups attached to an aromatic ring is 1. The number of hydrogen-bond donors (Lipinski definition) is 1. The smallest absolute Gasteiger partial charge is 0.343 e. The fourth-order valence-electron chi connectivity index (χ4n) is 1.10. The van der Waals surface area contributed by atoms with Gasteiger partial charge in [0, 0.05) is 12.5 Å². The number of rotatable bonds is 4. The van der Waals surface area contributed by atoms with Crippen molar-refractivity contribution in [1.82, 2.24) is 9.97 Å². The molecule has 0 atom stereocenters. The Morgan fingerprint density at radius 2 is 2.18 bits per heavy atom. The molecule has 17 heavy (non-hydrogen) atoms. The summed E-state index contributed by atoms with van der Waals surface area (Å²) in [6.45, 7) is 1.87. The van der Waals surface area contributed by atoms with E-state index in [4.69, 9.17) is 10.5 Å². The summed E-state index contributed by atoms with van der Waals surface area (Å²) >= 11 is 0. The molecule has 0 aliphatic rings. The number of sulfone groups is 1. The van der Waals surface area contributed by atoms with Gasteiger partial charge in [0.1, 0.15) is 23.0 Å². The lowest BCUT2D eigenvalue weighted by atomic mass is 10.3. The molecule has 0 unspecified atom stereocenters. The Bertz CT molecular complexity index is 527. The average Bonchev–Trinajstić information content (AvgIpc) is 2.15. The zero-order valence-corrected chi connectivity index (χ0v) is 10.3. The fraction of sp³-hybridized carbons (Fsp3) is 0.444. The van der Waals surface area contributed by atoms with Crippen LogP contribution in [0.3, 0.4) is 0 Å². The van der Waals surface area contributed by atoms with Crippen LogP contribution in [0.5, 0.6) is 0 Å². The topological polar surface area (TPSA) is 112 Å². The van der Waals surface area contributed by atoms with Crippen LogP contribution in [0.2, 0.25) is 0 Å². The van der Waals surface area contributed by atoms with E-state index in [1.807, 2.05) is 0 Å². The first-order valence-corrected chi connectivity index (χ1v) is 6.85. The minimum Gasteiger partial charge on any atom is -0.462 e. The van der Waals surface area contributed by atoms with E-state index in [2.05, 4.69) is 9.97 Å². The summed E-state index contributed by atoms with van der Waals surface area (Å²) in [5.74, 6) is -0.980. The standard InChI is InChI=1S/C9H13N3O4S/c1-3-16-9(13)6-4-11-7(12-8(6)10)5-17(2,14)15/h4H,3,5H2,1-2H3,(H2,10,11,12). The monoisotopic (exact) mass is 259 g/mol. The minimum atomic E-state index is -3.23. The molecule has 0 spiro atoms. The highest BCUT2D eigenvalue weighted by molar-refractivity contribution is 7.89. The molecular formula is C9H13N3O4S. The number of carbonyl (C=O) groups excluding carboxylic acids is 1. The Balaban J connectivity index is 2.98. The van der Waals surface area contributed by atoms with Gasteiger partial charge in [-0.3, -0.25) is 0 Å². The van der Waals surface area contributed by atoms with Gasteiger partial charge in [-0.2, -0.15) is 0 Å². The zero-order valence-electron chi connectivity index (χ0n) is 9.50. The van der Waals surface area contributed by atoms with Gasteiger partial charge in [-0.1, -0.05) is 0 Å². The first-order valence-electron chi connectivity index (χ1n) is 4.79. The molecule has 0 aliphatic carbocycles. The van der Waals surface area contributed by atoms with Gasteiger partial charge in [-0.05, 0) is 6.92 Å². The molecule has 0 aromatic carbocycles. The maximum Gasteiger partial charge on any atom is 0.343 e. The van der Waals surface area contributed by atoms with Crippen LogP contribution >= 0.6 is 0 Å². The molecule has 1 aromatic rings. The van der Waals surface area contributed by atoms with Crippen LogP contribution < -0.4 is 5.73 Å². The van der Waals surface area contributed by atoms with Gasteiger partial charge in [0.25, 0.3) is 0 Å². The quantitative estimate of drug-likeness (QED) is 0.744. The summed E-state index contributed by atoms with van der Waals surface area (Å²) in [6.07, 6.45) is 2.23. The van der Waals surface area contributed by atoms with Gasteiger partial charge in [0.15, 0.2) is 9.84 Å². The molecule has 0 bridgehead atoms. The number of aromatic nitrogens is 2. The highest BCUT2D eigenvalue weighted by atomic mass is 32.2. The largest absolute Gasteiger partial charge is 0.462 e. The molecule has 1 rings (SSSR count). The summed E-state index contributed by atoms with van der Waals surface area (Å²) in [7, 11) is -3.23.